The van der Waals surface area contributed by atoms with Crippen LogP contribution in [0, 0.1) is 5.82 Å². The number of hydrogen-bond acceptors (Lipinski definition) is 8. The first-order chi connectivity index (χ1) is 16.5. The Balaban J connectivity index is 1.63. The summed E-state index contributed by atoms with van der Waals surface area (Å²) in [4.78, 5) is 47.2. The number of halogens is 1. The van der Waals surface area contributed by atoms with E-state index in [4.69, 9.17) is 14.5 Å². The maximum Gasteiger partial charge on any atom is 0.469 e. The maximum absolute atomic E-state index is 14.4. The maximum atomic E-state index is 14.4. The zero-order valence-electron chi connectivity index (χ0n) is 17.9. The Kier molecular flexibility index (Phi) is 7.10. The van der Waals surface area contributed by atoms with Crippen LogP contribution in [0.25, 0.3) is 11.1 Å². The fraction of sp³-hybridized carbons (Fsp3) is 0.286. The number of ether oxygens (including phenoxy) is 1. The van der Waals surface area contributed by atoms with Gasteiger partial charge in [0.15, 0.2) is 6.23 Å². The van der Waals surface area contributed by atoms with Gasteiger partial charge in [-0.05, 0) is 11.6 Å². The third-order valence-corrected chi connectivity index (χ3v) is 5.92. The van der Waals surface area contributed by atoms with Gasteiger partial charge in [-0.3, -0.25) is 23.4 Å². The Morgan fingerprint density at radius 3 is 2.51 bits per heavy atom. The number of nitrogens with zero attached hydrogens (tertiary/aromatic N) is 3. The van der Waals surface area contributed by atoms with Crippen LogP contribution in [0.2, 0.25) is 0 Å². The zero-order chi connectivity index (χ0) is 25.3. The predicted octanol–water partition coefficient (Wildman–Crippen LogP) is -0.0121. The molecule has 3 aromatic rings. The molecule has 4 atom stereocenters. The van der Waals surface area contributed by atoms with E-state index in [0.717, 1.165) is 27.6 Å². The average molecular weight is 509 g/mol. The predicted molar refractivity (Wildman–Crippen MR) is 118 cm³/mol. The molecule has 2 unspecified atom stereocenters. The van der Waals surface area contributed by atoms with Gasteiger partial charge in [-0.1, -0.05) is 30.3 Å². The summed E-state index contributed by atoms with van der Waals surface area (Å²) in [5, 5.41) is 20.5. The zero-order valence-corrected chi connectivity index (χ0v) is 18.8. The van der Waals surface area contributed by atoms with Gasteiger partial charge in [0.1, 0.15) is 24.1 Å². The van der Waals surface area contributed by atoms with Crippen molar-refractivity contribution in [3.8, 4) is 11.1 Å². The summed E-state index contributed by atoms with van der Waals surface area (Å²) in [5.74, 6) is -0.585. The minimum absolute atomic E-state index is 0.211. The van der Waals surface area contributed by atoms with E-state index in [0.29, 0.717) is 5.56 Å². The summed E-state index contributed by atoms with van der Waals surface area (Å²) in [5.41, 5.74) is -0.606. The van der Waals surface area contributed by atoms with Crippen LogP contribution in [0.5, 0.6) is 0 Å². The van der Waals surface area contributed by atoms with Crippen LogP contribution >= 0.6 is 7.82 Å². The van der Waals surface area contributed by atoms with Gasteiger partial charge in [0, 0.05) is 17.8 Å². The highest BCUT2D eigenvalue weighted by Crippen LogP contribution is 2.38. The number of benzene rings is 1. The Bertz CT molecular complexity index is 1370. The average Bonchev–Trinajstić information content (AvgIpc) is 3.10. The number of aliphatic hydroxyl groups excluding tert-OH is 2. The second-order valence-corrected chi connectivity index (χ2v) is 9.02. The molecule has 1 aliphatic rings. The van der Waals surface area contributed by atoms with Gasteiger partial charge in [0.05, 0.1) is 25.0 Å². The quantitative estimate of drug-likeness (QED) is 0.317. The SMILES string of the molecule is O=c1ccn([C@@H]2O[C@H](COP(=O)(O)O)C(O)C2O)c(=O)n1Cc1cc(-c2ccccc2)c(F)cn1. The van der Waals surface area contributed by atoms with Crippen molar-refractivity contribution in [1.29, 1.82) is 0 Å². The molecule has 186 valence electrons. The van der Waals surface area contributed by atoms with Gasteiger partial charge in [0.2, 0.25) is 0 Å². The molecule has 14 heteroatoms. The molecule has 1 aromatic carbocycles. The van der Waals surface area contributed by atoms with Crippen molar-refractivity contribution < 1.29 is 38.2 Å². The van der Waals surface area contributed by atoms with E-state index in [-0.39, 0.29) is 17.8 Å². The van der Waals surface area contributed by atoms with Gasteiger partial charge in [0.25, 0.3) is 5.56 Å². The van der Waals surface area contributed by atoms with Gasteiger partial charge >= 0.3 is 13.5 Å². The van der Waals surface area contributed by atoms with E-state index in [1.54, 1.807) is 30.3 Å². The van der Waals surface area contributed by atoms with Gasteiger partial charge < -0.3 is 24.7 Å². The number of aromatic nitrogens is 3. The molecule has 0 spiro atoms. The fourth-order valence-corrected chi connectivity index (χ4v) is 4.05. The topological polar surface area (TPSA) is 173 Å². The molecule has 0 radical (unpaired) electrons. The first-order valence-electron chi connectivity index (χ1n) is 10.3. The van der Waals surface area contributed by atoms with Gasteiger partial charge in [-0.15, -0.1) is 0 Å². The number of phosphoric acid groups is 1. The number of rotatable bonds is 7. The van der Waals surface area contributed by atoms with Crippen molar-refractivity contribution in [3.63, 3.8) is 0 Å². The van der Waals surface area contributed by atoms with Gasteiger partial charge in [-0.2, -0.15) is 0 Å². The fourth-order valence-electron chi connectivity index (χ4n) is 3.71. The van der Waals surface area contributed by atoms with Crippen LogP contribution in [0.1, 0.15) is 11.9 Å². The molecule has 3 heterocycles. The van der Waals surface area contributed by atoms with Crippen LogP contribution in [-0.4, -0.2) is 59.0 Å². The lowest BCUT2D eigenvalue weighted by Gasteiger charge is -2.19. The Morgan fingerprint density at radius 2 is 1.83 bits per heavy atom. The van der Waals surface area contributed by atoms with Crippen molar-refractivity contribution >= 4 is 7.82 Å². The Morgan fingerprint density at radius 1 is 1.11 bits per heavy atom. The number of phosphoric ester groups is 1. The van der Waals surface area contributed by atoms with Crippen LogP contribution in [0.4, 0.5) is 4.39 Å². The van der Waals surface area contributed by atoms with Crippen molar-refractivity contribution in [2.45, 2.75) is 31.1 Å². The van der Waals surface area contributed by atoms with E-state index >= 15 is 0 Å². The van der Waals surface area contributed by atoms with E-state index in [1.165, 1.54) is 6.07 Å². The summed E-state index contributed by atoms with van der Waals surface area (Å²) >= 11 is 0. The summed E-state index contributed by atoms with van der Waals surface area (Å²) in [6.07, 6.45) is -4.10. The minimum atomic E-state index is -4.87. The standard InChI is InChI=1S/C21H21FN3O9P/c22-15-9-23-13(8-14(15)12-4-2-1-3-5-12)10-25-17(26)6-7-24(21(25)29)20-19(28)18(27)16(34-20)11-33-35(30,31)32/h1-9,16,18-20,27-28H,10-11H2,(H2,30,31,32)/t16-,18?,19?,20-/m1/s1. The molecule has 1 fully saturated rings. The lowest BCUT2D eigenvalue weighted by Crippen LogP contribution is -2.43. The third-order valence-electron chi connectivity index (χ3n) is 5.43. The van der Waals surface area contributed by atoms with Crippen molar-refractivity contribution in [3.05, 3.63) is 87.2 Å². The van der Waals surface area contributed by atoms with E-state index in [9.17, 15) is 28.8 Å². The van der Waals surface area contributed by atoms with E-state index in [1.807, 2.05) is 0 Å². The molecule has 1 saturated heterocycles. The summed E-state index contributed by atoms with van der Waals surface area (Å²) < 4.78 is 36.6. The second kappa shape index (κ2) is 9.91. The van der Waals surface area contributed by atoms with Crippen LogP contribution in [-0.2, 0) is 20.4 Å². The van der Waals surface area contributed by atoms with Crippen LogP contribution in [0.3, 0.4) is 0 Å². The minimum Gasteiger partial charge on any atom is -0.387 e. The largest absolute Gasteiger partial charge is 0.469 e. The monoisotopic (exact) mass is 509 g/mol. The lowest BCUT2D eigenvalue weighted by molar-refractivity contribution is -0.0548. The summed E-state index contributed by atoms with van der Waals surface area (Å²) in [6, 6.07) is 11.1. The van der Waals surface area contributed by atoms with E-state index in [2.05, 4.69) is 9.51 Å². The first-order valence-corrected chi connectivity index (χ1v) is 11.8. The van der Waals surface area contributed by atoms with Crippen molar-refractivity contribution in [1.82, 2.24) is 14.1 Å². The molecule has 0 aliphatic carbocycles. The molecule has 12 nitrogen and oxygen atoms in total. The molecule has 0 amide bonds. The molecule has 4 N–H and O–H groups in total. The van der Waals surface area contributed by atoms with Gasteiger partial charge in [-0.25, -0.2) is 13.8 Å². The molecule has 1 aliphatic heterocycles. The third kappa shape index (κ3) is 5.46. The highest BCUT2D eigenvalue weighted by Gasteiger charge is 2.45. The smallest absolute Gasteiger partial charge is 0.387 e. The van der Waals surface area contributed by atoms with Crippen LogP contribution < -0.4 is 11.2 Å². The van der Waals surface area contributed by atoms with Crippen molar-refractivity contribution in [2.75, 3.05) is 6.61 Å². The molecule has 0 bridgehead atoms. The van der Waals surface area contributed by atoms with E-state index < -0.39 is 56.0 Å². The molecule has 2 aromatic heterocycles. The highest BCUT2D eigenvalue weighted by atomic mass is 31.2. The van der Waals surface area contributed by atoms with Crippen LogP contribution in [0.15, 0.2) is 64.4 Å². The Hall–Kier alpha value is -3.03. The number of hydrogen-bond donors (Lipinski definition) is 4. The molecule has 4 rings (SSSR count). The second-order valence-electron chi connectivity index (χ2n) is 7.78. The highest BCUT2D eigenvalue weighted by molar-refractivity contribution is 7.46. The normalized spacial score (nSPS) is 22.4. The molecule has 0 saturated carbocycles. The number of pyridine rings is 1. The first kappa shape index (κ1) is 25.1. The summed E-state index contributed by atoms with van der Waals surface area (Å²) in [6.45, 7) is -1.08. The Labute approximate surface area is 196 Å². The number of aliphatic hydroxyl groups is 2. The van der Waals surface area contributed by atoms with Crippen molar-refractivity contribution in [2.24, 2.45) is 0 Å². The summed E-state index contributed by atoms with van der Waals surface area (Å²) in [7, 11) is -4.87. The lowest BCUT2D eigenvalue weighted by atomic mass is 10.1. The molecular weight excluding hydrogens is 488 g/mol. The molecular formula is C21H21FN3O9P. The molecule has 35 heavy (non-hydrogen) atoms.